The van der Waals surface area contributed by atoms with Gasteiger partial charge in [0.1, 0.15) is 6.10 Å². The fourth-order valence-electron chi connectivity index (χ4n) is 1.86. The molecule has 0 radical (unpaired) electrons. The number of ether oxygens (including phenoxy) is 1. The van der Waals surface area contributed by atoms with E-state index in [-0.39, 0.29) is 27.6 Å². The van der Waals surface area contributed by atoms with E-state index < -0.39 is 4.92 Å². The molecule has 0 saturated carbocycles. The van der Waals surface area contributed by atoms with E-state index in [0.717, 1.165) is 19.4 Å². The smallest absolute Gasteiger partial charge is 0.312 e. The summed E-state index contributed by atoms with van der Waals surface area (Å²) in [6.07, 6.45) is 1.78. The molecule has 5 nitrogen and oxygen atoms in total. The van der Waals surface area contributed by atoms with Gasteiger partial charge in [-0.05, 0) is 19.4 Å². The second-order valence-corrected chi connectivity index (χ2v) is 4.89. The maximum Gasteiger partial charge on any atom is 0.312 e. The predicted octanol–water partition coefficient (Wildman–Crippen LogP) is 3.03. The molecule has 18 heavy (non-hydrogen) atoms. The molecule has 1 aromatic carbocycles. The first-order chi connectivity index (χ1) is 8.58. The van der Waals surface area contributed by atoms with Gasteiger partial charge in [0, 0.05) is 18.7 Å². The highest BCUT2D eigenvalue weighted by Gasteiger charge is 2.22. The van der Waals surface area contributed by atoms with E-state index in [2.05, 4.69) is 5.32 Å². The Labute approximate surface area is 114 Å². The van der Waals surface area contributed by atoms with Crippen LogP contribution in [0.3, 0.4) is 0 Å². The number of halogens is 2. The fraction of sp³-hybridized carbons (Fsp3) is 0.455. The second kappa shape index (κ2) is 5.73. The number of hydrogen-bond donors (Lipinski definition) is 1. The normalized spacial score (nSPS) is 19.6. The maximum atomic E-state index is 10.9. The van der Waals surface area contributed by atoms with Gasteiger partial charge in [-0.2, -0.15) is 0 Å². The van der Waals surface area contributed by atoms with E-state index in [9.17, 15) is 10.1 Å². The van der Waals surface area contributed by atoms with Gasteiger partial charge in [-0.25, -0.2) is 0 Å². The molecule has 0 aromatic heterocycles. The molecule has 1 aliphatic rings. The van der Waals surface area contributed by atoms with Crippen molar-refractivity contribution in [3.8, 4) is 5.75 Å². The molecule has 0 aliphatic carbocycles. The van der Waals surface area contributed by atoms with Gasteiger partial charge in [-0.1, -0.05) is 23.2 Å². The lowest BCUT2D eigenvalue weighted by atomic mass is 10.1. The monoisotopic (exact) mass is 290 g/mol. The molecule has 1 aromatic rings. The first-order valence-electron chi connectivity index (χ1n) is 5.58. The van der Waals surface area contributed by atoms with Crippen LogP contribution in [0.5, 0.6) is 5.75 Å². The average Bonchev–Trinajstić information content (AvgIpc) is 2.34. The third kappa shape index (κ3) is 3.04. The number of nitrogens with zero attached hydrogens (tertiary/aromatic N) is 1. The zero-order chi connectivity index (χ0) is 13.1. The molecule has 0 bridgehead atoms. The van der Waals surface area contributed by atoms with E-state index in [0.29, 0.717) is 6.54 Å². The molecule has 1 N–H and O–H groups in total. The van der Waals surface area contributed by atoms with Gasteiger partial charge in [-0.3, -0.25) is 10.1 Å². The summed E-state index contributed by atoms with van der Waals surface area (Å²) in [5.41, 5.74) is -0.157. The van der Waals surface area contributed by atoms with Crippen LogP contribution in [0.1, 0.15) is 12.8 Å². The largest absolute Gasteiger partial charge is 0.482 e. The summed E-state index contributed by atoms with van der Waals surface area (Å²) in [7, 11) is 0. The summed E-state index contributed by atoms with van der Waals surface area (Å²) in [4.78, 5) is 10.4. The molecular weight excluding hydrogens is 279 g/mol. The summed E-state index contributed by atoms with van der Waals surface area (Å²) in [5.74, 6) is 0.170. The Bertz CT molecular complexity index is 462. The van der Waals surface area contributed by atoms with Gasteiger partial charge in [0.2, 0.25) is 0 Å². The van der Waals surface area contributed by atoms with Crippen LogP contribution in [0.4, 0.5) is 5.69 Å². The minimum absolute atomic E-state index is 0.0744. The summed E-state index contributed by atoms with van der Waals surface area (Å²) in [6, 6.07) is 2.62. The Balaban J connectivity index is 2.24. The number of benzene rings is 1. The molecule has 1 atom stereocenters. The lowest BCUT2D eigenvalue weighted by Crippen LogP contribution is -2.37. The quantitative estimate of drug-likeness (QED) is 0.686. The first-order valence-corrected chi connectivity index (χ1v) is 6.34. The van der Waals surface area contributed by atoms with Crippen LogP contribution >= 0.6 is 23.2 Å². The Morgan fingerprint density at radius 2 is 2.11 bits per heavy atom. The Morgan fingerprint density at radius 1 is 1.39 bits per heavy atom. The maximum absolute atomic E-state index is 10.9. The van der Waals surface area contributed by atoms with Crippen molar-refractivity contribution in [1.29, 1.82) is 0 Å². The highest BCUT2D eigenvalue weighted by Crippen LogP contribution is 2.36. The van der Waals surface area contributed by atoms with Crippen LogP contribution in [0.15, 0.2) is 12.1 Å². The summed E-state index contributed by atoms with van der Waals surface area (Å²) < 4.78 is 5.64. The van der Waals surface area contributed by atoms with Crippen molar-refractivity contribution in [2.24, 2.45) is 0 Å². The van der Waals surface area contributed by atoms with Crippen LogP contribution in [0, 0.1) is 10.1 Å². The van der Waals surface area contributed by atoms with Crippen molar-refractivity contribution in [3.63, 3.8) is 0 Å². The fourth-order valence-corrected chi connectivity index (χ4v) is 2.17. The number of nitro groups is 1. The highest BCUT2D eigenvalue weighted by molar-refractivity contribution is 6.42. The molecule has 1 unspecified atom stereocenters. The van der Waals surface area contributed by atoms with E-state index in [1.807, 2.05) is 0 Å². The molecule has 0 spiro atoms. The number of rotatable bonds is 3. The SMILES string of the molecule is O=[N+]([O-])c1cc(Cl)c(Cl)cc1OC1CCCNC1. The van der Waals surface area contributed by atoms with Crippen molar-refractivity contribution in [2.45, 2.75) is 18.9 Å². The second-order valence-electron chi connectivity index (χ2n) is 4.08. The van der Waals surface area contributed by atoms with E-state index in [1.165, 1.54) is 12.1 Å². The highest BCUT2D eigenvalue weighted by atomic mass is 35.5. The molecule has 2 rings (SSSR count). The van der Waals surface area contributed by atoms with Crippen molar-refractivity contribution >= 4 is 28.9 Å². The summed E-state index contributed by atoms with van der Waals surface area (Å²) >= 11 is 11.6. The molecule has 1 fully saturated rings. The third-order valence-electron chi connectivity index (χ3n) is 2.74. The van der Waals surface area contributed by atoms with Gasteiger partial charge in [0.25, 0.3) is 0 Å². The predicted molar refractivity (Wildman–Crippen MR) is 69.6 cm³/mol. The van der Waals surface area contributed by atoms with Crippen molar-refractivity contribution < 1.29 is 9.66 Å². The van der Waals surface area contributed by atoms with E-state index in [4.69, 9.17) is 27.9 Å². The van der Waals surface area contributed by atoms with Crippen molar-refractivity contribution in [1.82, 2.24) is 5.32 Å². The number of hydrogen-bond acceptors (Lipinski definition) is 4. The van der Waals surface area contributed by atoms with Gasteiger partial charge < -0.3 is 10.1 Å². The topological polar surface area (TPSA) is 64.4 Å². The Hall–Kier alpha value is -1.04. The van der Waals surface area contributed by atoms with Crippen LogP contribution < -0.4 is 10.1 Å². The number of nitro benzene ring substituents is 1. The minimum Gasteiger partial charge on any atom is -0.482 e. The van der Waals surface area contributed by atoms with Gasteiger partial charge in [-0.15, -0.1) is 0 Å². The molecule has 98 valence electrons. The summed E-state index contributed by atoms with van der Waals surface area (Å²) in [6.45, 7) is 1.63. The molecule has 1 heterocycles. The van der Waals surface area contributed by atoms with Gasteiger partial charge in [0.05, 0.1) is 15.0 Å². The zero-order valence-electron chi connectivity index (χ0n) is 9.49. The summed E-state index contributed by atoms with van der Waals surface area (Å²) in [5, 5.41) is 14.5. The van der Waals surface area contributed by atoms with E-state index in [1.54, 1.807) is 0 Å². The van der Waals surface area contributed by atoms with Crippen LogP contribution in [0.25, 0.3) is 0 Å². The van der Waals surface area contributed by atoms with Crippen LogP contribution in [0.2, 0.25) is 10.0 Å². The van der Waals surface area contributed by atoms with Crippen LogP contribution in [-0.2, 0) is 0 Å². The van der Waals surface area contributed by atoms with Crippen molar-refractivity contribution in [3.05, 3.63) is 32.3 Å². The average molecular weight is 291 g/mol. The molecule has 1 saturated heterocycles. The third-order valence-corrected chi connectivity index (χ3v) is 3.47. The molecule has 0 amide bonds. The standard InChI is InChI=1S/C11H12Cl2N2O3/c12-8-4-10(15(16)17)11(5-9(8)13)18-7-2-1-3-14-6-7/h4-5,7,14H,1-3,6H2. The first kappa shape index (κ1) is 13.4. The zero-order valence-corrected chi connectivity index (χ0v) is 11.0. The van der Waals surface area contributed by atoms with E-state index >= 15 is 0 Å². The lowest BCUT2D eigenvalue weighted by Gasteiger charge is -2.23. The molecule has 7 heteroatoms. The molecule has 1 aliphatic heterocycles. The number of piperidine rings is 1. The number of nitrogens with one attached hydrogen (secondary N) is 1. The lowest BCUT2D eigenvalue weighted by molar-refractivity contribution is -0.386. The minimum atomic E-state index is -0.520. The molecular formula is C11H12Cl2N2O3. The van der Waals surface area contributed by atoms with Gasteiger partial charge >= 0.3 is 5.69 Å². The Kier molecular flexibility index (Phi) is 4.27. The van der Waals surface area contributed by atoms with Gasteiger partial charge in [0.15, 0.2) is 5.75 Å². The van der Waals surface area contributed by atoms with Crippen molar-refractivity contribution in [2.75, 3.05) is 13.1 Å². The Morgan fingerprint density at radius 3 is 2.72 bits per heavy atom. The van der Waals surface area contributed by atoms with Crippen LogP contribution in [-0.4, -0.2) is 24.1 Å².